The van der Waals surface area contributed by atoms with E-state index in [1.807, 2.05) is 47.4 Å². The van der Waals surface area contributed by atoms with Crippen molar-refractivity contribution < 1.29 is 14.3 Å². The molecule has 1 aliphatic heterocycles. The molecule has 0 saturated carbocycles. The van der Waals surface area contributed by atoms with Crippen molar-refractivity contribution >= 4 is 46.4 Å². The fourth-order valence-electron chi connectivity index (χ4n) is 5.96. The standard InChI is InChI=1S/C33H31Cl2N3O3/c1-21(39)38-29-18-30(41-19-22-10-12-36-13-11-22)28(37-31(40)23-14-25(34)16-26(35)15-23)17-27(29)33(4,20-32(38,2)3)24-8-6-5-7-9-24/h5-18H,19-20H2,1-4H3,(H,37,40). The second-order valence-corrected chi connectivity index (χ2v) is 12.0. The summed E-state index contributed by atoms with van der Waals surface area (Å²) >= 11 is 12.4. The number of carbonyl (C=O) groups excluding carboxylic acids is 2. The average molecular weight is 589 g/mol. The van der Waals surface area contributed by atoms with Gasteiger partial charge in [0.1, 0.15) is 12.4 Å². The molecule has 0 saturated heterocycles. The lowest BCUT2D eigenvalue weighted by Gasteiger charge is -2.51. The van der Waals surface area contributed by atoms with Crippen LogP contribution < -0.4 is 15.0 Å². The van der Waals surface area contributed by atoms with Gasteiger partial charge in [-0.1, -0.05) is 60.5 Å². The molecule has 1 unspecified atom stereocenters. The van der Waals surface area contributed by atoms with Gasteiger partial charge in [-0.15, -0.1) is 0 Å². The third kappa shape index (κ3) is 5.81. The van der Waals surface area contributed by atoms with Crippen LogP contribution in [0.2, 0.25) is 10.0 Å². The third-order valence-electron chi connectivity index (χ3n) is 7.57. The Morgan fingerprint density at radius 2 is 1.61 bits per heavy atom. The van der Waals surface area contributed by atoms with Crippen LogP contribution in [0.5, 0.6) is 5.75 Å². The monoisotopic (exact) mass is 587 g/mol. The van der Waals surface area contributed by atoms with E-state index >= 15 is 0 Å². The Labute approximate surface area is 250 Å². The highest BCUT2D eigenvalue weighted by molar-refractivity contribution is 6.35. The first-order valence-corrected chi connectivity index (χ1v) is 14.1. The molecule has 0 spiro atoms. The van der Waals surface area contributed by atoms with Gasteiger partial charge < -0.3 is 15.0 Å². The highest BCUT2D eigenvalue weighted by Crippen LogP contribution is 2.53. The van der Waals surface area contributed by atoms with Crippen LogP contribution in [-0.2, 0) is 16.8 Å². The van der Waals surface area contributed by atoms with E-state index in [0.29, 0.717) is 33.5 Å². The Morgan fingerprint density at radius 3 is 2.24 bits per heavy atom. The normalized spacial score (nSPS) is 17.5. The summed E-state index contributed by atoms with van der Waals surface area (Å²) in [5, 5.41) is 3.74. The predicted molar refractivity (Wildman–Crippen MR) is 164 cm³/mol. The number of anilines is 2. The molecule has 0 fully saturated rings. The van der Waals surface area contributed by atoms with Crippen LogP contribution in [0.4, 0.5) is 11.4 Å². The Bertz CT molecular complexity index is 1590. The molecule has 1 aromatic heterocycles. The molecule has 210 valence electrons. The maximum Gasteiger partial charge on any atom is 0.255 e. The molecule has 8 heteroatoms. The topological polar surface area (TPSA) is 71.5 Å². The van der Waals surface area contributed by atoms with Gasteiger partial charge in [-0.3, -0.25) is 14.6 Å². The average Bonchev–Trinajstić information content (AvgIpc) is 2.92. The number of rotatable bonds is 6. The van der Waals surface area contributed by atoms with Gasteiger partial charge in [0, 0.05) is 51.9 Å². The van der Waals surface area contributed by atoms with E-state index in [-0.39, 0.29) is 18.4 Å². The zero-order chi connectivity index (χ0) is 29.4. The number of halogens is 2. The second-order valence-electron chi connectivity index (χ2n) is 11.2. The lowest BCUT2D eigenvalue weighted by Crippen LogP contribution is -2.55. The fraction of sp³-hybridized carbons (Fsp3) is 0.242. The minimum Gasteiger partial charge on any atom is -0.487 e. The van der Waals surface area contributed by atoms with Gasteiger partial charge in [0.2, 0.25) is 5.91 Å². The van der Waals surface area contributed by atoms with Crippen molar-refractivity contribution in [3.05, 3.63) is 117 Å². The van der Waals surface area contributed by atoms with Crippen molar-refractivity contribution in [2.75, 3.05) is 10.2 Å². The SMILES string of the molecule is CC(=O)N1c2cc(OCc3ccncc3)c(NC(=O)c3cc(Cl)cc(Cl)c3)cc2C(C)(c2ccccc2)CC1(C)C. The van der Waals surface area contributed by atoms with Gasteiger partial charge in [-0.05, 0) is 73.4 Å². The summed E-state index contributed by atoms with van der Waals surface area (Å²) in [6.07, 6.45) is 4.07. The zero-order valence-electron chi connectivity index (χ0n) is 23.4. The quantitative estimate of drug-likeness (QED) is 0.247. The number of ether oxygens (including phenoxy) is 1. The molecule has 41 heavy (non-hydrogen) atoms. The second kappa shape index (κ2) is 11.2. The number of aromatic nitrogens is 1. The van der Waals surface area contributed by atoms with Crippen molar-refractivity contribution in [2.24, 2.45) is 0 Å². The summed E-state index contributed by atoms with van der Waals surface area (Å²) in [6, 6.07) is 22.4. The summed E-state index contributed by atoms with van der Waals surface area (Å²) in [7, 11) is 0. The summed E-state index contributed by atoms with van der Waals surface area (Å²) in [6.45, 7) is 8.16. The van der Waals surface area contributed by atoms with Crippen molar-refractivity contribution in [1.82, 2.24) is 4.98 Å². The van der Waals surface area contributed by atoms with E-state index in [2.05, 4.69) is 43.2 Å². The van der Waals surface area contributed by atoms with Crippen LogP contribution in [0, 0.1) is 0 Å². The van der Waals surface area contributed by atoms with Gasteiger partial charge >= 0.3 is 0 Å². The molecular weight excluding hydrogens is 557 g/mol. The first-order valence-electron chi connectivity index (χ1n) is 13.3. The molecule has 0 radical (unpaired) electrons. The van der Waals surface area contributed by atoms with Crippen LogP contribution in [0.15, 0.2) is 85.2 Å². The summed E-state index contributed by atoms with van der Waals surface area (Å²) in [5.41, 5.74) is 3.52. The molecule has 2 amide bonds. The van der Waals surface area contributed by atoms with Crippen LogP contribution in [0.1, 0.15) is 61.2 Å². The maximum atomic E-state index is 13.5. The van der Waals surface area contributed by atoms with Crippen molar-refractivity contribution in [2.45, 2.75) is 51.7 Å². The van der Waals surface area contributed by atoms with E-state index in [9.17, 15) is 9.59 Å². The predicted octanol–water partition coefficient (Wildman–Crippen LogP) is 8.06. The number of nitrogens with zero attached hydrogens (tertiary/aromatic N) is 2. The summed E-state index contributed by atoms with van der Waals surface area (Å²) in [5.74, 6) is -0.0257. The van der Waals surface area contributed by atoms with Crippen molar-refractivity contribution in [3.8, 4) is 5.75 Å². The van der Waals surface area contributed by atoms with Gasteiger partial charge in [0.05, 0.1) is 11.4 Å². The van der Waals surface area contributed by atoms with E-state index in [0.717, 1.165) is 22.4 Å². The molecule has 0 aliphatic carbocycles. The van der Waals surface area contributed by atoms with Gasteiger partial charge in [0.15, 0.2) is 0 Å². The van der Waals surface area contributed by atoms with Crippen LogP contribution in [-0.4, -0.2) is 22.3 Å². The van der Waals surface area contributed by atoms with Crippen molar-refractivity contribution in [3.63, 3.8) is 0 Å². The number of hydrogen-bond acceptors (Lipinski definition) is 4. The minimum absolute atomic E-state index is 0.0724. The Kier molecular flexibility index (Phi) is 7.82. The van der Waals surface area contributed by atoms with Gasteiger partial charge in [-0.25, -0.2) is 0 Å². The number of amides is 2. The lowest BCUT2D eigenvalue weighted by atomic mass is 9.65. The van der Waals surface area contributed by atoms with Gasteiger partial charge in [-0.2, -0.15) is 0 Å². The number of fused-ring (bicyclic) bond motifs is 1. The van der Waals surface area contributed by atoms with E-state index in [1.165, 1.54) is 0 Å². The number of benzene rings is 3. The summed E-state index contributed by atoms with van der Waals surface area (Å²) < 4.78 is 6.31. The lowest BCUT2D eigenvalue weighted by molar-refractivity contribution is -0.117. The summed E-state index contributed by atoms with van der Waals surface area (Å²) in [4.78, 5) is 32.5. The number of nitrogens with one attached hydrogen (secondary N) is 1. The highest BCUT2D eigenvalue weighted by Gasteiger charge is 2.47. The molecule has 1 atom stereocenters. The fourth-order valence-corrected chi connectivity index (χ4v) is 6.48. The minimum atomic E-state index is -0.492. The van der Waals surface area contributed by atoms with Gasteiger partial charge in [0.25, 0.3) is 5.91 Å². The molecule has 1 N–H and O–H groups in total. The van der Waals surface area contributed by atoms with Crippen LogP contribution in [0.3, 0.4) is 0 Å². The molecule has 1 aliphatic rings. The highest BCUT2D eigenvalue weighted by atomic mass is 35.5. The molecule has 6 nitrogen and oxygen atoms in total. The molecular formula is C33H31Cl2N3O3. The van der Waals surface area contributed by atoms with Crippen LogP contribution in [0.25, 0.3) is 0 Å². The molecule has 3 aromatic carbocycles. The number of carbonyl (C=O) groups is 2. The Morgan fingerprint density at radius 1 is 0.951 bits per heavy atom. The third-order valence-corrected chi connectivity index (χ3v) is 8.00. The van der Waals surface area contributed by atoms with Crippen LogP contribution >= 0.6 is 23.2 Å². The maximum absolute atomic E-state index is 13.5. The molecule has 5 rings (SSSR count). The number of hydrogen-bond donors (Lipinski definition) is 1. The molecule has 0 bridgehead atoms. The van der Waals surface area contributed by atoms with E-state index in [1.54, 1.807) is 37.5 Å². The first kappa shape index (κ1) is 28.7. The molecule has 2 heterocycles. The smallest absolute Gasteiger partial charge is 0.255 e. The van der Waals surface area contributed by atoms with E-state index < -0.39 is 11.0 Å². The zero-order valence-corrected chi connectivity index (χ0v) is 24.9. The molecule has 4 aromatic rings. The van der Waals surface area contributed by atoms with Crippen molar-refractivity contribution in [1.29, 1.82) is 0 Å². The Hall–Kier alpha value is -3.87. The largest absolute Gasteiger partial charge is 0.487 e. The Balaban J connectivity index is 1.68. The number of pyridine rings is 1. The van der Waals surface area contributed by atoms with E-state index in [4.69, 9.17) is 27.9 Å². The first-order chi connectivity index (χ1) is 19.5.